The van der Waals surface area contributed by atoms with Gasteiger partial charge in [-0.2, -0.15) is 23.5 Å². The summed E-state index contributed by atoms with van der Waals surface area (Å²) in [6, 6.07) is 12.6. The van der Waals surface area contributed by atoms with Gasteiger partial charge >= 0.3 is 6.18 Å². The molecule has 15 heteroatoms. The lowest BCUT2D eigenvalue weighted by Gasteiger charge is -2.18. The van der Waals surface area contributed by atoms with Crippen molar-refractivity contribution in [2.24, 2.45) is 0 Å². The maximum atomic E-state index is 14.0. The van der Waals surface area contributed by atoms with Crippen LogP contribution in [-0.4, -0.2) is 32.4 Å². The monoisotopic (exact) mass is 600 g/mol. The molecule has 4 aromatic rings. The summed E-state index contributed by atoms with van der Waals surface area (Å²) in [5.41, 5.74) is -3.50. The van der Waals surface area contributed by atoms with Crippen LogP contribution in [0.2, 0.25) is 5.02 Å². The number of nitriles is 1. The molecule has 0 saturated carbocycles. The summed E-state index contributed by atoms with van der Waals surface area (Å²) in [5, 5.41) is 25.0. The van der Waals surface area contributed by atoms with Gasteiger partial charge in [0, 0.05) is 5.02 Å². The first kappa shape index (κ1) is 29.8. The molecule has 0 N–H and O–H groups in total. The number of carbonyl (C=O) groups excluding carboxylic acids is 1. The molecule has 0 amide bonds. The van der Waals surface area contributed by atoms with E-state index in [1.54, 1.807) is 24.3 Å². The highest BCUT2D eigenvalue weighted by Crippen LogP contribution is 2.31. The van der Waals surface area contributed by atoms with Crippen molar-refractivity contribution in [3.63, 3.8) is 0 Å². The molecular weight excluding hydrogens is 583 g/mol. The van der Waals surface area contributed by atoms with Crippen LogP contribution in [0.25, 0.3) is 0 Å². The van der Waals surface area contributed by atoms with E-state index in [0.29, 0.717) is 11.3 Å². The van der Waals surface area contributed by atoms with Gasteiger partial charge in [0.15, 0.2) is 0 Å². The number of hydrogen-bond donors (Lipinski definition) is 0. The van der Waals surface area contributed by atoms with Gasteiger partial charge in [0.1, 0.15) is 11.5 Å². The van der Waals surface area contributed by atoms with Gasteiger partial charge in [-0.25, -0.2) is 9.67 Å². The molecular formula is C27H18ClF3N5O6-. The van der Waals surface area contributed by atoms with Crippen LogP contribution in [0.5, 0.6) is 17.2 Å². The quantitative estimate of drug-likeness (QED) is 0.297. The predicted octanol–water partition coefficient (Wildman–Crippen LogP) is 2.91. The number of alkyl halides is 3. The minimum Gasteiger partial charge on any atom is -0.545 e. The van der Waals surface area contributed by atoms with E-state index in [9.17, 15) is 32.7 Å². The largest absolute Gasteiger partial charge is 0.545 e. The summed E-state index contributed by atoms with van der Waals surface area (Å²) < 4.78 is 53.6. The number of carbonyl (C=O) groups is 1. The smallest absolute Gasteiger partial charge is 0.449 e. The van der Waals surface area contributed by atoms with Gasteiger partial charge in [0.2, 0.25) is 11.6 Å². The molecule has 0 unspecified atom stereocenters. The van der Waals surface area contributed by atoms with Crippen molar-refractivity contribution in [2.75, 3.05) is 7.11 Å². The molecule has 2 heterocycles. The fourth-order valence-electron chi connectivity index (χ4n) is 3.92. The summed E-state index contributed by atoms with van der Waals surface area (Å²) in [7, 11) is 1.45. The number of methoxy groups -OCH3 is 1. The van der Waals surface area contributed by atoms with E-state index in [-0.39, 0.29) is 33.1 Å². The Balaban J connectivity index is 1.84. The minimum atomic E-state index is -5.12. The molecule has 0 aliphatic carbocycles. The van der Waals surface area contributed by atoms with Crippen molar-refractivity contribution in [1.29, 1.82) is 5.26 Å². The SMILES string of the molecule is COc1ccc(Cn2nc(Cn3c(C(F)(F)F)nc(C)c(Oc4cc(Cl)cc(C#N)c4)c3=O)cc(C(=O)[O-])c2=O)cc1. The van der Waals surface area contributed by atoms with Crippen molar-refractivity contribution < 1.29 is 32.5 Å². The van der Waals surface area contributed by atoms with Crippen molar-refractivity contribution in [2.45, 2.75) is 26.2 Å². The molecule has 0 aliphatic rings. The Morgan fingerprint density at radius 3 is 2.36 bits per heavy atom. The summed E-state index contributed by atoms with van der Waals surface area (Å²) >= 11 is 5.97. The molecule has 0 spiro atoms. The molecule has 11 nitrogen and oxygen atoms in total. The van der Waals surface area contributed by atoms with Crippen molar-refractivity contribution in [3.05, 3.63) is 108 Å². The van der Waals surface area contributed by atoms with Crippen LogP contribution < -0.4 is 25.7 Å². The first-order chi connectivity index (χ1) is 19.8. The van der Waals surface area contributed by atoms with Gasteiger partial charge < -0.3 is 19.4 Å². The van der Waals surface area contributed by atoms with Crippen LogP contribution in [0, 0.1) is 18.3 Å². The number of ether oxygens (including phenoxy) is 2. The van der Waals surface area contributed by atoms with Crippen molar-refractivity contribution in [1.82, 2.24) is 19.3 Å². The van der Waals surface area contributed by atoms with Crippen LogP contribution in [0.4, 0.5) is 13.2 Å². The molecule has 42 heavy (non-hydrogen) atoms. The number of benzene rings is 2. The number of hydrogen-bond acceptors (Lipinski definition) is 9. The molecule has 0 bridgehead atoms. The zero-order valence-electron chi connectivity index (χ0n) is 21.7. The lowest BCUT2D eigenvalue weighted by molar-refractivity contribution is -0.255. The summed E-state index contributed by atoms with van der Waals surface area (Å²) in [6.45, 7) is -0.0818. The first-order valence-electron chi connectivity index (χ1n) is 11.8. The zero-order valence-corrected chi connectivity index (χ0v) is 22.5. The fourth-order valence-corrected chi connectivity index (χ4v) is 4.15. The molecule has 2 aromatic carbocycles. The Bertz CT molecular complexity index is 1850. The van der Waals surface area contributed by atoms with Gasteiger partial charge in [-0.05, 0) is 48.9 Å². The van der Waals surface area contributed by atoms with Crippen LogP contribution in [0.15, 0.2) is 58.1 Å². The third kappa shape index (κ3) is 6.42. The lowest BCUT2D eigenvalue weighted by Crippen LogP contribution is -2.37. The minimum absolute atomic E-state index is 0.0634. The van der Waals surface area contributed by atoms with Crippen LogP contribution in [0.3, 0.4) is 0 Å². The highest BCUT2D eigenvalue weighted by molar-refractivity contribution is 6.30. The van der Waals surface area contributed by atoms with Gasteiger partial charge in [0.25, 0.3) is 11.1 Å². The molecule has 4 rings (SSSR count). The van der Waals surface area contributed by atoms with Crippen LogP contribution in [0.1, 0.15) is 38.7 Å². The van der Waals surface area contributed by atoms with E-state index < -0.39 is 52.6 Å². The van der Waals surface area contributed by atoms with E-state index in [0.717, 1.165) is 17.7 Å². The van der Waals surface area contributed by atoms with E-state index in [1.807, 2.05) is 6.07 Å². The lowest BCUT2D eigenvalue weighted by atomic mass is 10.2. The fraction of sp³-hybridized carbons (Fsp3) is 0.185. The van der Waals surface area contributed by atoms with E-state index >= 15 is 0 Å². The molecule has 0 fully saturated rings. The normalized spacial score (nSPS) is 11.2. The number of aromatic nitrogens is 4. The van der Waals surface area contributed by atoms with Gasteiger partial charge in [-0.3, -0.25) is 14.2 Å². The number of aryl methyl sites for hydroxylation is 1. The van der Waals surface area contributed by atoms with Crippen molar-refractivity contribution in [3.8, 4) is 23.3 Å². The van der Waals surface area contributed by atoms with Crippen LogP contribution >= 0.6 is 11.6 Å². The molecule has 0 radical (unpaired) electrons. The van der Waals surface area contributed by atoms with Gasteiger partial charge in [-0.1, -0.05) is 23.7 Å². The number of rotatable bonds is 8. The Morgan fingerprint density at radius 1 is 1.07 bits per heavy atom. The third-order valence-corrected chi connectivity index (χ3v) is 6.05. The summed E-state index contributed by atoms with van der Waals surface area (Å²) in [6.07, 6.45) is -5.12. The maximum absolute atomic E-state index is 14.0. The molecule has 0 saturated heterocycles. The summed E-state index contributed by atoms with van der Waals surface area (Å²) in [5.74, 6) is -3.73. The Hall–Kier alpha value is -5.16. The Labute approximate surface area is 239 Å². The second-order valence-electron chi connectivity index (χ2n) is 8.78. The maximum Gasteiger partial charge on any atom is 0.449 e. The Kier molecular flexibility index (Phi) is 8.34. The van der Waals surface area contributed by atoms with Gasteiger partial charge in [0.05, 0.1) is 54.8 Å². The highest BCUT2D eigenvalue weighted by Gasteiger charge is 2.38. The predicted molar refractivity (Wildman–Crippen MR) is 139 cm³/mol. The van der Waals surface area contributed by atoms with E-state index in [2.05, 4.69) is 10.1 Å². The molecule has 216 valence electrons. The van der Waals surface area contributed by atoms with Crippen molar-refractivity contribution >= 4 is 17.6 Å². The topological polar surface area (TPSA) is 152 Å². The number of carboxylic acids is 1. The average molecular weight is 601 g/mol. The second kappa shape index (κ2) is 11.8. The molecule has 2 aromatic heterocycles. The Morgan fingerprint density at radius 2 is 1.76 bits per heavy atom. The number of aromatic carboxylic acids is 1. The van der Waals surface area contributed by atoms with Crippen LogP contribution in [-0.2, 0) is 19.3 Å². The summed E-state index contributed by atoms with van der Waals surface area (Å²) in [4.78, 5) is 41.4. The number of carboxylic acid groups (broad SMARTS) is 1. The standard InChI is InChI=1S/C27H19ClF3N5O6/c1-14-22(42-20-8-16(11-32)7-17(28)9-20)24(38)35(26(33-14)27(29,30)31)13-18-10-21(25(39)40)23(37)36(34-18)12-15-3-5-19(41-2)6-4-15/h3-10H,12-13H2,1-2H3,(H,39,40)/p-1. The molecule has 0 atom stereocenters. The average Bonchev–Trinajstić information content (AvgIpc) is 2.93. The number of halogens is 4. The third-order valence-electron chi connectivity index (χ3n) is 5.83. The van der Waals surface area contributed by atoms with E-state index in [4.69, 9.17) is 26.3 Å². The number of nitrogens with zero attached hydrogens (tertiary/aromatic N) is 5. The zero-order chi connectivity index (χ0) is 30.8. The highest BCUT2D eigenvalue weighted by atomic mass is 35.5. The molecule has 0 aliphatic heterocycles. The van der Waals surface area contributed by atoms with E-state index in [1.165, 1.54) is 25.3 Å². The second-order valence-corrected chi connectivity index (χ2v) is 9.21. The first-order valence-corrected chi connectivity index (χ1v) is 12.2. The van der Waals surface area contributed by atoms with Gasteiger partial charge in [-0.15, -0.1) is 0 Å².